The van der Waals surface area contributed by atoms with Crippen molar-refractivity contribution in [2.45, 2.75) is 63.7 Å². The number of amides is 4. The number of nitrogens with zero attached hydrogens (tertiary/aromatic N) is 1. The predicted octanol–water partition coefficient (Wildman–Crippen LogP) is -4.18. The highest BCUT2D eigenvalue weighted by molar-refractivity contribution is 5.96. The molecular weight excluding hydrogens is 452 g/mol. The lowest BCUT2D eigenvalue weighted by Crippen LogP contribution is -2.59. The molecule has 194 valence electrons. The van der Waals surface area contributed by atoms with E-state index in [0.29, 0.717) is 12.8 Å². The normalized spacial score (nSPS) is 15.1. The summed E-state index contributed by atoms with van der Waals surface area (Å²) in [4.78, 5) is 64.0. The highest BCUT2D eigenvalue weighted by atomic mass is 16.4. The summed E-state index contributed by atoms with van der Waals surface area (Å²) in [5.41, 5.74) is 21.3. The number of carbonyl (C=O) groups is 5. The molecule has 0 aliphatic carbocycles. The Morgan fingerprint density at radius 1 is 0.941 bits per heavy atom. The molecule has 0 radical (unpaired) electrons. The number of aliphatic hydroxyl groups excluding tert-OH is 1. The molecule has 15 nitrogen and oxygen atoms in total. The molecule has 0 bridgehead atoms. The molecule has 13 N–H and O–H groups in total. The highest BCUT2D eigenvalue weighted by Crippen LogP contribution is 2.08. The second-order valence-electron chi connectivity index (χ2n) is 7.74. The third-order valence-electron chi connectivity index (χ3n) is 4.94. The van der Waals surface area contributed by atoms with Gasteiger partial charge in [-0.25, -0.2) is 4.79 Å². The molecule has 5 unspecified atom stereocenters. The third-order valence-corrected chi connectivity index (χ3v) is 4.94. The second-order valence-corrected chi connectivity index (χ2v) is 7.74. The average Bonchev–Trinajstić information content (AvgIpc) is 2.76. The van der Waals surface area contributed by atoms with Crippen LogP contribution < -0.4 is 38.9 Å². The molecule has 0 aromatic carbocycles. The van der Waals surface area contributed by atoms with Crippen LogP contribution in [0.15, 0.2) is 4.99 Å². The van der Waals surface area contributed by atoms with Gasteiger partial charge in [-0.1, -0.05) is 20.3 Å². The first-order chi connectivity index (χ1) is 15.8. The van der Waals surface area contributed by atoms with Crippen molar-refractivity contribution >= 4 is 35.6 Å². The van der Waals surface area contributed by atoms with E-state index in [1.807, 2.05) is 0 Å². The van der Waals surface area contributed by atoms with E-state index in [9.17, 15) is 34.2 Å². The Hall–Kier alpha value is -3.46. The van der Waals surface area contributed by atoms with Crippen molar-refractivity contribution in [3.8, 4) is 0 Å². The van der Waals surface area contributed by atoms with Gasteiger partial charge in [-0.2, -0.15) is 0 Å². The zero-order valence-corrected chi connectivity index (χ0v) is 19.3. The van der Waals surface area contributed by atoms with Crippen LogP contribution >= 0.6 is 0 Å². The molecule has 0 saturated heterocycles. The van der Waals surface area contributed by atoms with Gasteiger partial charge in [-0.15, -0.1) is 0 Å². The van der Waals surface area contributed by atoms with Crippen LogP contribution in [0.3, 0.4) is 0 Å². The van der Waals surface area contributed by atoms with E-state index in [0.717, 1.165) is 0 Å². The van der Waals surface area contributed by atoms with Crippen LogP contribution in [0.5, 0.6) is 0 Å². The number of carboxylic acids is 1. The lowest BCUT2D eigenvalue weighted by molar-refractivity contribution is -0.144. The molecule has 0 fully saturated rings. The Kier molecular flexibility index (Phi) is 13.8. The van der Waals surface area contributed by atoms with Gasteiger partial charge in [-0.05, 0) is 18.8 Å². The Morgan fingerprint density at radius 3 is 1.97 bits per heavy atom. The van der Waals surface area contributed by atoms with Crippen LogP contribution in [0.2, 0.25) is 0 Å². The van der Waals surface area contributed by atoms with Crippen LogP contribution in [0.1, 0.15) is 39.5 Å². The second kappa shape index (κ2) is 15.4. The van der Waals surface area contributed by atoms with Gasteiger partial charge < -0.3 is 49.1 Å². The number of aliphatic hydroxyl groups is 1. The summed E-state index contributed by atoms with van der Waals surface area (Å²) < 4.78 is 0. The summed E-state index contributed by atoms with van der Waals surface area (Å²) in [5.74, 6) is -5.45. The van der Waals surface area contributed by atoms with E-state index in [1.54, 1.807) is 13.8 Å². The number of guanidine groups is 1. The molecule has 0 aromatic rings. The lowest BCUT2D eigenvalue weighted by Gasteiger charge is -2.25. The van der Waals surface area contributed by atoms with E-state index in [-0.39, 0.29) is 18.9 Å². The van der Waals surface area contributed by atoms with Crippen molar-refractivity contribution in [2.75, 3.05) is 13.2 Å². The molecule has 0 spiro atoms. The molecule has 0 rings (SSSR count). The van der Waals surface area contributed by atoms with Crippen LogP contribution in [-0.2, 0) is 24.0 Å². The maximum atomic E-state index is 12.6. The van der Waals surface area contributed by atoms with Gasteiger partial charge in [0.1, 0.15) is 18.1 Å². The summed E-state index contributed by atoms with van der Waals surface area (Å²) in [6.07, 6.45) is 0.378. The smallest absolute Gasteiger partial charge is 0.326 e. The van der Waals surface area contributed by atoms with Crippen molar-refractivity contribution in [1.29, 1.82) is 0 Å². The number of hydrogen-bond donors (Lipinski definition) is 9. The number of nitrogens with two attached hydrogens (primary N) is 4. The average molecular weight is 489 g/mol. The quantitative estimate of drug-likeness (QED) is 0.0573. The van der Waals surface area contributed by atoms with Gasteiger partial charge in [0.15, 0.2) is 5.96 Å². The zero-order chi connectivity index (χ0) is 26.4. The molecule has 34 heavy (non-hydrogen) atoms. The van der Waals surface area contributed by atoms with Crippen molar-refractivity contribution in [1.82, 2.24) is 16.0 Å². The SMILES string of the molecule is CCC(C)C(NC(=O)C(CO)NC(=O)C(CC(N)=O)NC(=O)C(N)CCCN=C(N)N)C(=O)O. The van der Waals surface area contributed by atoms with E-state index in [1.165, 1.54) is 0 Å². The Morgan fingerprint density at radius 2 is 1.50 bits per heavy atom. The molecule has 0 saturated carbocycles. The van der Waals surface area contributed by atoms with Gasteiger partial charge in [0, 0.05) is 6.54 Å². The number of hydrogen-bond acceptors (Lipinski definition) is 8. The molecule has 5 atom stereocenters. The molecule has 0 heterocycles. The summed E-state index contributed by atoms with van der Waals surface area (Å²) in [6.45, 7) is 2.72. The van der Waals surface area contributed by atoms with Crippen molar-refractivity contribution in [2.24, 2.45) is 33.8 Å². The fraction of sp³-hybridized carbons (Fsp3) is 0.684. The fourth-order valence-corrected chi connectivity index (χ4v) is 2.74. The largest absolute Gasteiger partial charge is 0.480 e. The van der Waals surface area contributed by atoms with Crippen LogP contribution in [0.25, 0.3) is 0 Å². The standard InChI is InChI=1S/C19H36N8O7/c1-3-9(2)14(18(33)34)27-17(32)12(8-28)26-16(31)11(7-13(21)29)25-15(30)10(20)5-4-6-24-19(22)23/h9-12,14,28H,3-8,20H2,1-2H3,(H2,21,29)(H,25,30)(H,26,31)(H,27,32)(H,33,34)(H4,22,23,24). The van der Waals surface area contributed by atoms with Gasteiger partial charge in [0.2, 0.25) is 23.6 Å². The van der Waals surface area contributed by atoms with Crippen LogP contribution in [0, 0.1) is 5.92 Å². The number of carboxylic acid groups (broad SMARTS) is 1. The van der Waals surface area contributed by atoms with E-state index in [2.05, 4.69) is 20.9 Å². The third kappa shape index (κ3) is 11.4. The van der Waals surface area contributed by atoms with E-state index in [4.69, 9.17) is 22.9 Å². The Balaban J connectivity index is 5.21. The van der Waals surface area contributed by atoms with Gasteiger partial charge in [0.25, 0.3) is 0 Å². The summed E-state index contributed by atoms with van der Waals surface area (Å²) in [7, 11) is 0. The van der Waals surface area contributed by atoms with Gasteiger partial charge >= 0.3 is 5.97 Å². The number of primary amides is 1. The number of carbonyl (C=O) groups excluding carboxylic acids is 4. The first-order valence-electron chi connectivity index (χ1n) is 10.7. The molecule has 0 aliphatic rings. The summed E-state index contributed by atoms with van der Waals surface area (Å²) >= 11 is 0. The minimum absolute atomic E-state index is 0.113. The Labute approximate surface area is 197 Å². The topological polar surface area (TPSA) is 278 Å². The van der Waals surface area contributed by atoms with E-state index >= 15 is 0 Å². The number of aliphatic carboxylic acids is 1. The number of rotatable bonds is 16. The lowest BCUT2D eigenvalue weighted by atomic mass is 9.99. The Bertz CT molecular complexity index is 757. The predicted molar refractivity (Wildman–Crippen MR) is 122 cm³/mol. The van der Waals surface area contributed by atoms with E-state index < -0.39 is 72.7 Å². The van der Waals surface area contributed by atoms with Gasteiger partial charge in [-0.3, -0.25) is 24.2 Å². The van der Waals surface area contributed by atoms with Crippen LogP contribution in [0.4, 0.5) is 0 Å². The van der Waals surface area contributed by atoms with Crippen LogP contribution in [-0.4, -0.2) is 83.1 Å². The van der Waals surface area contributed by atoms with Gasteiger partial charge in [0.05, 0.1) is 19.1 Å². The minimum atomic E-state index is -1.54. The fourth-order valence-electron chi connectivity index (χ4n) is 2.74. The number of nitrogens with one attached hydrogen (secondary N) is 3. The summed E-state index contributed by atoms with van der Waals surface area (Å²) in [5, 5.41) is 25.6. The molecule has 0 aromatic heterocycles. The molecule has 4 amide bonds. The molecule has 15 heteroatoms. The monoisotopic (exact) mass is 488 g/mol. The first kappa shape index (κ1) is 30.5. The first-order valence-corrected chi connectivity index (χ1v) is 10.7. The van der Waals surface area contributed by atoms with Crippen molar-refractivity contribution in [3.05, 3.63) is 0 Å². The highest BCUT2D eigenvalue weighted by Gasteiger charge is 2.32. The van der Waals surface area contributed by atoms with Crippen molar-refractivity contribution in [3.63, 3.8) is 0 Å². The molecular formula is C19H36N8O7. The minimum Gasteiger partial charge on any atom is -0.480 e. The maximum absolute atomic E-state index is 12.6. The number of aliphatic imine (C=N–C) groups is 1. The zero-order valence-electron chi connectivity index (χ0n) is 19.3. The summed E-state index contributed by atoms with van der Waals surface area (Å²) in [6, 6.07) is -5.33. The molecule has 0 aliphatic heterocycles. The van der Waals surface area contributed by atoms with Crippen molar-refractivity contribution < 1.29 is 34.2 Å². The maximum Gasteiger partial charge on any atom is 0.326 e.